The van der Waals surface area contributed by atoms with Gasteiger partial charge < -0.3 is 4.90 Å². The van der Waals surface area contributed by atoms with Gasteiger partial charge >= 0.3 is 5.37 Å². The van der Waals surface area contributed by atoms with Crippen LogP contribution in [0.4, 0.5) is 4.79 Å². The summed E-state index contributed by atoms with van der Waals surface area (Å²) >= 11 is 5.27. The molecule has 1 heterocycles. The monoisotopic (exact) mass is 225 g/mol. The Bertz CT molecular complexity index is 287. The third kappa shape index (κ3) is 2.84. The highest BCUT2D eigenvalue weighted by atomic mass is 35.5. The predicted molar refractivity (Wildman–Crippen MR) is 50.7 cm³/mol. The molecule has 0 saturated carbocycles. The van der Waals surface area contributed by atoms with Gasteiger partial charge in [0.25, 0.3) is 0 Å². The molecule has 1 aliphatic heterocycles. The summed E-state index contributed by atoms with van der Waals surface area (Å²) in [4.78, 5) is 12.1. The maximum atomic E-state index is 11.1. The molecule has 0 atom stereocenters. The molecule has 1 saturated heterocycles. The minimum absolute atomic E-state index is 0.0199. The van der Waals surface area contributed by atoms with E-state index in [1.54, 1.807) is 7.05 Å². The number of halogens is 1. The van der Waals surface area contributed by atoms with Crippen molar-refractivity contribution in [1.82, 2.24) is 4.90 Å². The second-order valence-electron chi connectivity index (χ2n) is 3.25. The molecule has 76 valence electrons. The second kappa shape index (κ2) is 3.84. The van der Waals surface area contributed by atoms with Crippen molar-refractivity contribution in [2.75, 3.05) is 18.6 Å². The van der Waals surface area contributed by atoms with Gasteiger partial charge in [-0.3, -0.25) is 4.79 Å². The van der Waals surface area contributed by atoms with E-state index in [4.69, 9.17) is 11.6 Å². The van der Waals surface area contributed by atoms with E-state index in [9.17, 15) is 13.2 Å². The van der Waals surface area contributed by atoms with E-state index >= 15 is 0 Å². The molecular formula is C7H12ClNO3S. The van der Waals surface area contributed by atoms with Crippen molar-refractivity contribution in [3.63, 3.8) is 0 Å². The van der Waals surface area contributed by atoms with Gasteiger partial charge in [0.2, 0.25) is 0 Å². The Morgan fingerprint density at radius 3 is 2.23 bits per heavy atom. The molecular weight excluding hydrogens is 214 g/mol. The maximum absolute atomic E-state index is 11.1. The predicted octanol–water partition coefficient (Wildman–Crippen LogP) is 0.854. The van der Waals surface area contributed by atoms with Crippen molar-refractivity contribution in [3.8, 4) is 0 Å². The maximum Gasteiger partial charge on any atom is 0.316 e. The first kappa shape index (κ1) is 10.8. The summed E-state index contributed by atoms with van der Waals surface area (Å²) in [5, 5.41) is -0.524. The number of carbonyl (C=O) groups excluding carboxylic acids is 1. The lowest BCUT2D eigenvalue weighted by Crippen LogP contribution is -2.40. The van der Waals surface area contributed by atoms with Crippen LogP contribution < -0.4 is 0 Å². The molecule has 0 N–H and O–H groups in total. The summed E-state index contributed by atoms with van der Waals surface area (Å²) in [6, 6.07) is -0.0199. The van der Waals surface area contributed by atoms with Crippen LogP contribution in [-0.4, -0.2) is 43.3 Å². The second-order valence-corrected chi connectivity index (χ2v) is 5.87. The molecule has 0 spiro atoms. The lowest BCUT2D eigenvalue weighted by atomic mass is 10.1. The molecule has 0 bridgehead atoms. The largest absolute Gasteiger partial charge is 0.329 e. The van der Waals surface area contributed by atoms with Crippen molar-refractivity contribution in [1.29, 1.82) is 0 Å². The van der Waals surface area contributed by atoms with Crippen LogP contribution in [0.3, 0.4) is 0 Å². The van der Waals surface area contributed by atoms with Crippen molar-refractivity contribution in [2.24, 2.45) is 0 Å². The van der Waals surface area contributed by atoms with E-state index < -0.39 is 15.2 Å². The van der Waals surface area contributed by atoms with Crippen LogP contribution in [0, 0.1) is 0 Å². The van der Waals surface area contributed by atoms with E-state index in [-0.39, 0.29) is 17.5 Å². The number of hydrogen-bond acceptors (Lipinski definition) is 3. The molecule has 0 aromatic carbocycles. The van der Waals surface area contributed by atoms with Gasteiger partial charge in [0.05, 0.1) is 11.5 Å². The van der Waals surface area contributed by atoms with Gasteiger partial charge in [-0.2, -0.15) is 0 Å². The highest BCUT2D eigenvalue weighted by molar-refractivity contribution is 7.91. The Labute approximate surface area is 82.8 Å². The third-order valence-corrected chi connectivity index (χ3v) is 4.33. The van der Waals surface area contributed by atoms with Crippen molar-refractivity contribution >= 4 is 26.8 Å². The normalized spacial score (nSPS) is 22.6. The molecule has 6 heteroatoms. The quantitative estimate of drug-likeness (QED) is 0.491. The van der Waals surface area contributed by atoms with Crippen molar-refractivity contribution < 1.29 is 13.2 Å². The molecule has 1 amide bonds. The molecule has 0 aromatic rings. The van der Waals surface area contributed by atoms with E-state index in [1.165, 1.54) is 4.90 Å². The van der Waals surface area contributed by atoms with Crippen LogP contribution in [0.25, 0.3) is 0 Å². The standard InChI is InChI=1S/C7H12ClNO3S/c1-9(7(8)10)6-2-4-13(11,12)5-3-6/h6H,2-5H2,1H3. The molecule has 4 nitrogen and oxygen atoms in total. The third-order valence-electron chi connectivity index (χ3n) is 2.35. The molecule has 0 aliphatic carbocycles. The Morgan fingerprint density at radius 2 is 1.85 bits per heavy atom. The summed E-state index contributed by atoms with van der Waals surface area (Å²) in [6.45, 7) is 0. The van der Waals surface area contributed by atoms with E-state index in [1.807, 2.05) is 0 Å². The van der Waals surface area contributed by atoms with Crippen molar-refractivity contribution in [2.45, 2.75) is 18.9 Å². The molecule has 13 heavy (non-hydrogen) atoms. The lowest BCUT2D eigenvalue weighted by Gasteiger charge is -2.29. The van der Waals surface area contributed by atoms with Crippen LogP contribution in [0.1, 0.15) is 12.8 Å². The molecule has 0 unspecified atom stereocenters. The van der Waals surface area contributed by atoms with Crippen LogP contribution >= 0.6 is 11.6 Å². The first-order chi connectivity index (χ1) is 5.92. The summed E-state index contributed by atoms with van der Waals surface area (Å²) in [5.74, 6) is 0.318. The van der Waals surface area contributed by atoms with Gasteiger partial charge in [-0.05, 0) is 24.4 Å². The van der Waals surface area contributed by atoms with E-state index in [0.29, 0.717) is 12.8 Å². The van der Waals surface area contributed by atoms with Crippen LogP contribution in [0.5, 0.6) is 0 Å². The molecule has 1 fully saturated rings. The number of amides is 1. The Kier molecular flexibility index (Phi) is 3.18. The average molecular weight is 226 g/mol. The number of nitrogens with zero attached hydrogens (tertiary/aromatic N) is 1. The van der Waals surface area contributed by atoms with Gasteiger partial charge in [-0.15, -0.1) is 0 Å². The number of sulfone groups is 1. The highest BCUT2D eigenvalue weighted by Gasteiger charge is 2.27. The van der Waals surface area contributed by atoms with E-state index in [0.717, 1.165) is 0 Å². The first-order valence-electron chi connectivity index (χ1n) is 4.05. The van der Waals surface area contributed by atoms with Crippen molar-refractivity contribution in [3.05, 3.63) is 0 Å². The molecule has 1 rings (SSSR count). The zero-order valence-corrected chi connectivity index (χ0v) is 8.94. The summed E-state index contributed by atoms with van der Waals surface area (Å²) in [5.41, 5.74) is 0. The van der Waals surface area contributed by atoms with Gasteiger partial charge in [-0.25, -0.2) is 8.42 Å². The molecule has 1 aliphatic rings. The van der Waals surface area contributed by atoms with Gasteiger partial charge in [-0.1, -0.05) is 0 Å². The van der Waals surface area contributed by atoms with Gasteiger partial charge in [0.15, 0.2) is 0 Å². The minimum atomic E-state index is -2.86. The first-order valence-corrected chi connectivity index (χ1v) is 6.25. The topological polar surface area (TPSA) is 54.5 Å². The summed E-state index contributed by atoms with van der Waals surface area (Å²) in [7, 11) is -1.26. The summed E-state index contributed by atoms with van der Waals surface area (Å²) in [6.07, 6.45) is 0.995. The van der Waals surface area contributed by atoms with Crippen LogP contribution in [0.15, 0.2) is 0 Å². The fourth-order valence-corrected chi connectivity index (χ4v) is 3.01. The number of hydrogen-bond donors (Lipinski definition) is 0. The number of carbonyl (C=O) groups is 1. The van der Waals surface area contributed by atoms with Crippen LogP contribution in [0.2, 0.25) is 0 Å². The van der Waals surface area contributed by atoms with E-state index in [2.05, 4.69) is 0 Å². The Balaban J connectivity index is 2.55. The smallest absolute Gasteiger partial charge is 0.316 e. The minimum Gasteiger partial charge on any atom is -0.329 e. The summed E-state index contributed by atoms with van der Waals surface area (Å²) < 4.78 is 22.1. The lowest BCUT2D eigenvalue weighted by molar-refractivity contribution is 0.209. The number of rotatable bonds is 1. The van der Waals surface area contributed by atoms with Gasteiger partial charge in [0.1, 0.15) is 9.84 Å². The molecule has 0 aromatic heterocycles. The van der Waals surface area contributed by atoms with Gasteiger partial charge in [0, 0.05) is 13.1 Å². The Morgan fingerprint density at radius 1 is 1.38 bits per heavy atom. The fraction of sp³-hybridized carbons (Fsp3) is 0.857. The SMILES string of the molecule is CN(C(=O)Cl)C1CCS(=O)(=O)CC1. The van der Waals surface area contributed by atoms with Crippen LogP contribution in [-0.2, 0) is 9.84 Å². The average Bonchev–Trinajstić information content (AvgIpc) is 2.03. The fourth-order valence-electron chi connectivity index (χ4n) is 1.41. The zero-order valence-electron chi connectivity index (χ0n) is 7.36. The highest BCUT2D eigenvalue weighted by Crippen LogP contribution is 2.17. The zero-order chi connectivity index (χ0) is 10.1. The molecule has 0 radical (unpaired) electrons. The Hall–Kier alpha value is -0.290.